The van der Waals surface area contributed by atoms with Gasteiger partial charge in [0.05, 0.1) is 5.92 Å². The first-order valence-electron chi connectivity index (χ1n) is 10.6. The maximum Gasteiger partial charge on any atom is 0.396 e. The Morgan fingerprint density at radius 2 is 1.53 bits per heavy atom. The second-order valence-corrected chi connectivity index (χ2v) is 7.75. The van der Waals surface area contributed by atoms with E-state index in [1.807, 2.05) is 25.1 Å². The molecule has 0 aliphatic heterocycles. The lowest BCUT2D eigenvalue weighted by Crippen LogP contribution is -2.22. The van der Waals surface area contributed by atoms with E-state index in [2.05, 4.69) is 0 Å². The third kappa shape index (κ3) is 6.68. The van der Waals surface area contributed by atoms with Crippen LogP contribution in [0, 0.1) is 5.82 Å². The van der Waals surface area contributed by atoms with Crippen LogP contribution in [0.15, 0.2) is 84.9 Å². The summed E-state index contributed by atoms with van der Waals surface area (Å²) >= 11 is 0. The van der Waals surface area contributed by atoms with Gasteiger partial charge in [0.15, 0.2) is 0 Å². The number of rotatable bonds is 8. The highest BCUT2D eigenvalue weighted by molar-refractivity contribution is 5.70. The zero-order valence-electron chi connectivity index (χ0n) is 17.9. The lowest BCUT2D eigenvalue weighted by atomic mass is 9.91. The Hall–Kier alpha value is -3.14. The van der Waals surface area contributed by atoms with Crippen LogP contribution >= 0.6 is 0 Å². The highest BCUT2D eigenvalue weighted by atomic mass is 19.4. The Kier molecular flexibility index (Phi) is 8.04. The normalized spacial score (nSPS) is 13.2. The summed E-state index contributed by atoms with van der Waals surface area (Å²) in [4.78, 5) is 0. The molecule has 3 rings (SSSR count). The zero-order valence-corrected chi connectivity index (χ0v) is 17.9. The van der Waals surface area contributed by atoms with Gasteiger partial charge in [-0.1, -0.05) is 91.0 Å². The minimum atomic E-state index is -4.32. The van der Waals surface area contributed by atoms with Gasteiger partial charge in [-0.05, 0) is 54.5 Å². The molecule has 0 heterocycles. The molecule has 3 aromatic carbocycles. The van der Waals surface area contributed by atoms with Crippen molar-refractivity contribution < 1.29 is 17.6 Å². The van der Waals surface area contributed by atoms with E-state index in [4.69, 9.17) is 0 Å². The molecule has 0 aliphatic rings. The van der Waals surface area contributed by atoms with Crippen LogP contribution in [0.5, 0.6) is 0 Å². The number of aryl methyl sites for hydroxylation is 1. The summed E-state index contributed by atoms with van der Waals surface area (Å²) in [7, 11) is 0. The minimum Gasteiger partial charge on any atom is -0.206 e. The van der Waals surface area contributed by atoms with Crippen molar-refractivity contribution in [3.8, 4) is 0 Å². The second-order valence-electron chi connectivity index (χ2n) is 7.75. The molecule has 0 fully saturated rings. The van der Waals surface area contributed by atoms with E-state index in [9.17, 15) is 17.6 Å². The van der Waals surface area contributed by atoms with Crippen molar-refractivity contribution in [2.75, 3.05) is 0 Å². The molecule has 0 aliphatic carbocycles. The van der Waals surface area contributed by atoms with Crippen molar-refractivity contribution in [2.24, 2.45) is 0 Å². The van der Waals surface area contributed by atoms with Crippen molar-refractivity contribution in [1.82, 2.24) is 0 Å². The van der Waals surface area contributed by atoms with Gasteiger partial charge in [-0.25, -0.2) is 4.39 Å². The average Bonchev–Trinajstić information content (AvgIpc) is 2.78. The molecule has 0 saturated carbocycles. The van der Waals surface area contributed by atoms with E-state index in [-0.39, 0.29) is 17.8 Å². The van der Waals surface area contributed by atoms with Crippen LogP contribution in [0.3, 0.4) is 0 Å². The summed E-state index contributed by atoms with van der Waals surface area (Å²) in [5.74, 6) is -1.84. The largest absolute Gasteiger partial charge is 0.396 e. The first-order chi connectivity index (χ1) is 15.4. The molecule has 0 amide bonds. The Morgan fingerprint density at radius 1 is 0.844 bits per heavy atom. The van der Waals surface area contributed by atoms with Gasteiger partial charge >= 0.3 is 6.18 Å². The van der Waals surface area contributed by atoms with Crippen molar-refractivity contribution in [3.05, 3.63) is 119 Å². The SMILES string of the molecule is C/C=C/CCc1ccc(/C=C/c2ccc(CC(c3ccccc3)C(F)(F)F)cc2)c(F)c1. The summed E-state index contributed by atoms with van der Waals surface area (Å²) in [6.45, 7) is 1.96. The summed E-state index contributed by atoms with van der Waals surface area (Å²) in [5.41, 5.74) is 3.08. The average molecular weight is 439 g/mol. The van der Waals surface area contributed by atoms with Gasteiger partial charge in [-0.15, -0.1) is 0 Å². The van der Waals surface area contributed by atoms with Gasteiger partial charge in [0, 0.05) is 5.56 Å². The predicted molar refractivity (Wildman–Crippen MR) is 124 cm³/mol. The molecule has 1 unspecified atom stereocenters. The summed E-state index contributed by atoms with van der Waals surface area (Å²) in [6, 6.07) is 20.1. The fourth-order valence-corrected chi connectivity index (χ4v) is 3.57. The van der Waals surface area contributed by atoms with E-state index in [0.29, 0.717) is 11.1 Å². The number of benzene rings is 3. The van der Waals surface area contributed by atoms with Gasteiger partial charge in [0.1, 0.15) is 5.82 Å². The third-order valence-electron chi connectivity index (χ3n) is 5.37. The number of hydrogen-bond acceptors (Lipinski definition) is 0. The highest BCUT2D eigenvalue weighted by Gasteiger charge is 2.40. The van der Waals surface area contributed by atoms with Crippen LogP contribution in [0.4, 0.5) is 17.6 Å². The predicted octanol–water partition coefficient (Wildman–Crippen LogP) is 8.39. The highest BCUT2D eigenvalue weighted by Crippen LogP contribution is 2.37. The Labute approximate surface area is 186 Å². The van der Waals surface area contributed by atoms with Crippen molar-refractivity contribution in [3.63, 3.8) is 0 Å². The molecular formula is C28H26F4. The van der Waals surface area contributed by atoms with Crippen LogP contribution in [0.25, 0.3) is 12.2 Å². The van der Waals surface area contributed by atoms with E-state index in [0.717, 1.165) is 24.0 Å². The van der Waals surface area contributed by atoms with Gasteiger partial charge in [0.2, 0.25) is 0 Å². The summed E-state index contributed by atoms with van der Waals surface area (Å²) in [6.07, 6.45) is 4.68. The molecule has 0 aromatic heterocycles. The Bertz CT molecular complexity index is 1050. The number of alkyl halides is 3. The Morgan fingerprint density at radius 3 is 2.16 bits per heavy atom. The van der Waals surface area contributed by atoms with Gasteiger partial charge in [-0.3, -0.25) is 0 Å². The van der Waals surface area contributed by atoms with Crippen LogP contribution in [0.1, 0.15) is 47.1 Å². The first-order valence-corrected chi connectivity index (χ1v) is 10.6. The van der Waals surface area contributed by atoms with Crippen molar-refractivity contribution in [2.45, 2.75) is 38.3 Å². The standard InChI is InChI=1S/C28H26F4/c1-2-3-5-8-22-16-18-25(27(29)20-22)17-15-21-11-13-23(14-12-21)19-26(28(30,31)32)24-9-6-4-7-10-24/h2-4,6-7,9-18,20,26H,5,8,19H2,1H3/b3-2+,17-15+. The van der Waals surface area contributed by atoms with Crippen LogP contribution in [-0.2, 0) is 12.8 Å². The van der Waals surface area contributed by atoms with Gasteiger partial charge in [-0.2, -0.15) is 13.2 Å². The minimum absolute atomic E-state index is 0.124. The van der Waals surface area contributed by atoms with Crippen molar-refractivity contribution >= 4 is 12.2 Å². The smallest absolute Gasteiger partial charge is 0.206 e. The van der Waals surface area contributed by atoms with Crippen LogP contribution in [-0.4, -0.2) is 6.18 Å². The molecule has 3 aromatic rings. The summed E-state index contributed by atoms with van der Waals surface area (Å²) in [5, 5.41) is 0. The van der Waals surface area contributed by atoms with E-state index in [1.165, 1.54) is 12.1 Å². The third-order valence-corrected chi connectivity index (χ3v) is 5.37. The fraction of sp³-hybridized carbons (Fsp3) is 0.214. The van der Waals surface area contributed by atoms with Gasteiger partial charge in [0.25, 0.3) is 0 Å². The fourth-order valence-electron chi connectivity index (χ4n) is 3.57. The van der Waals surface area contributed by atoms with E-state index in [1.54, 1.807) is 66.7 Å². The number of allylic oxidation sites excluding steroid dienone is 2. The van der Waals surface area contributed by atoms with Gasteiger partial charge < -0.3 is 0 Å². The molecule has 0 saturated heterocycles. The molecular weight excluding hydrogens is 412 g/mol. The molecule has 166 valence electrons. The molecule has 0 radical (unpaired) electrons. The van der Waals surface area contributed by atoms with E-state index >= 15 is 0 Å². The maximum atomic E-state index is 14.4. The molecule has 0 N–H and O–H groups in total. The quantitative estimate of drug-likeness (QED) is 0.188. The molecule has 0 bridgehead atoms. The van der Waals surface area contributed by atoms with E-state index < -0.39 is 12.1 Å². The summed E-state index contributed by atoms with van der Waals surface area (Å²) < 4.78 is 55.1. The molecule has 32 heavy (non-hydrogen) atoms. The van der Waals surface area contributed by atoms with Crippen LogP contribution < -0.4 is 0 Å². The topological polar surface area (TPSA) is 0 Å². The number of hydrogen-bond donors (Lipinski definition) is 0. The molecule has 0 spiro atoms. The lowest BCUT2D eigenvalue weighted by Gasteiger charge is -2.21. The monoisotopic (exact) mass is 438 g/mol. The lowest BCUT2D eigenvalue weighted by molar-refractivity contribution is -0.150. The second kappa shape index (κ2) is 10.9. The number of halogens is 4. The first kappa shape index (κ1) is 23.5. The van der Waals surface area contributed by atoms with Crippen molar-refractivity contribution in [1.29, 1.82) is 0 Å². The molecule has 4 heteroatoms. The zero-order chi connectivity index (χ0) is 23.0. The van der Waals surface area contributed by atoms with Crippen LogP contribution in [0.2, 0.25) is 0 Å². The maximum absolute atomic E-state index is 14.4. The Balaban J connectivity index is 1.68. The molecule has 0 nitrogen and oxygen atoms in total. The molecule has 1 atom stereocenters.